The number of anilines is 3. The SMILES string of the molecule is CCOC(=O)N1c2c(cc(C)nc2C)C(N(Cc2cc(C(F)(F)F)cc(C(F)(F)F)c2)c2ncc(N3CCN(C(C)=O)CC3)cn2)CC1CC. The number of hydrogen-bond acceptors (Lipinski definition) is 8. The van der Waals surface area contributed by atoms with Gasteiger partial charge in [-0.3, -0.25) is 14.7 Å². The summed E-state index contributed by atoms with van der Waals surface area (Å²) >= 11 is 0. The van der Waals surface area contributed by atoms with Gasteiger partial charge in [-0.2, -0.15) is 26.3 Å². The number of aromatic nitrogens is 3. The first-order valence-electron chi connectivity index (χ1n) is 16.3. The van der Waals surface area contributed by atoms with Crippen LogP contribution < -0.4 is 14.7 Å². The van der Waals surface area contributed by atoms with Gasteiger partial charge in [0.25, 0.3) is 0 Å². The monoisotopic (exact) mass is 707 g/mol. The minimum Gasteiger partial charge on any atom is -0.449 e. The Kier molecular flexibility index (Phi) is 10.5. The Bertz CT molecular complexity index is 1680. The lowest BCUT2D eigenvalue weighted by Gasteiger charge is -2.44. The molecule has 2 unspecified atom stereocenters. The molecule has 0 aliphatic carbocycles. The number of nitrogens with zero attached hydrogens (tertiary/aromatic N) is 7. The van der Waals surface area contributed by atoms with E-state index in [0.29, 0.717) is 73.1 Å². The smallest absolute Gasteiger partial charge is 0.416 e. The molecule has 2 aliphatic heterocycles. The van der Waals surface area contributed by atoms with Gasteiger partial charge in [-0.15, -0.1) is 0 Å². The van der Waals surface area contributed by atoms with Crippen molar-refractivity contribution in [2.75, 3.05) is 47.5 Å². The molecule has 2 atom stereocenters. The lowest BCUT2D eigenvalue weighted by Crippen LogP contribution is -2.49. The molecule has 0 saturated carbocycles. The third-order valence-electron chi connectivity index (χ3n) is 9.07. The largest absolute Gasteiger partial charge is 0.449 e. The molecular weight excluding hydrogens is 668 g/mol. The highest BCUT2D eigenvalue weighted by Gasteiger charge is 2.42. The summed E-state index contributed by atoms with van der Waals surface area (Å²) in [7, 11) is 0. The molecular formula is C34H39F6N7O3. The van der Waals surface area contributed by atoms with Gasteiger partial charge in [0.15, 0.2) is 0 Å². The maximum atomic E-state index is 13.9. The number of pyridine rings is 1. The van der Waals surface area contributed by atoms with E-state index < -0.39 is 48.2 Å². The molecule has 4 heterocycles. The third kappa shape index (κ3) is 7.73. The van der Waals surface area contributed by atoms with Crippen LogP contribution in [0.5, 0.6) is 0 Å². The van der Waals surface area contributed by atoms with Crippen LogP contribution in [0.15, 0.2) is 36.7 Å². The predicted octanol–water partition coefficient (Wildman–Crippen LogP) is 7.09. The second-order valence-electron chi connectivity index (χ2n) is 12.4. The van der Waals surface area contributed by atoms with E-state index in [1.807, 2.05) is 11.8 Å². The first-order valence-corrected chi connectivity index (χ1v) is 16.3. The van der Waals surface area contributed by atoms with Gasteiger partial charge in [0.05, 0.1) is 53.2 Å². The molecule has 50 heavy (non-hydrogen) atoms. The number of carbonyl (C=O) groups is 2. The molecule has 1 fully saturated rings. The fourth-order valence-electron chi connectivity index (χ4n) is 6.70. The van der Waals surface area contributed by atoms with Gasteiger partial charge in [-0.1, -0.05) is 6.92 Å². The number of fused-ring (bicyclic) bond motifs is 1. The van der Waals surface area contributed by atoms with E-state index in [4.69, 9.17) is 4.74 Å². The van der Waals surface area contributed by atoms with Gasteiger partial charge in [0.1, 0.15) is 0 Å². The van der Waals surface area contributed by atoms with Gasteiger partial charge in [0.2, 0.25) is 11.9 Å². The van der Waals surface area contributed by atoms with Gasteiger partial charge in [-0.05, 0) is 63.4 Å². The molecule has 16 heteroatoms. The standard InChI is InChI=1S/C34H39F6N7O3/c1-6-26-16-29(28-12-20(3)43-21(4)30(28)47(26)32(49)50-7-2)46(19-23-13-24(33(35,36)37)15-25(14-23)34(38,39)40)31-41-17-27(18-42-31)45-10-8-44(9-11-45)22(5)48/h12-15,17-18,26,29H,6-11,16,19H2,1-5H3. The van der Waals surface area contributed by atoms with Crippen LogP contribution in [-0.2, 0) is 28.4 Å². The topological polar surface area (TPSA) is 95.0 Å². The zero-order chi connectivity index (χ0) is 36.5. The molecule has 0 N–H and O–H groups in total. The first kappa shape index (κ1) is 36.6. The Hall–Kier alpha value is -4.63. The molecule has 0 radical (unpaired) electrons. The molecule has 2 amide bonds. The summed E-state index contributed by atoms with van der Waals surface area (Å²) in [5.41, 5.74) is -0.294. The van der Waals surface area contributed by atoms with Crippen LogP contribution in [0.4, 0.5) is 48.5 Å². The van der Waals surface area contributed by atoms with Crippen LogP contribution in [-0.4, -0.2) is 70.7 Å². The summed E-state index contributed by atoms with van der Waals surface area (Å²) in [4.78, 5) is 45.7. The average Bonchev–Trinajstić information content (AvgIpc) is 3.06. The van der Waals surface area contributed by atoms with E-state index in [1.54, 1.807) is 49.0 Å². The fourth-order valence-corrected chi connectivity index (χ4v) is 6.70. The highest BCUT2D eigenvalue weighted by Crippen LogP contribution is 2.45. The summed E-state index contributed by atoms with van der Waals surface area (Å²) in [6.07, 6.45) is -6.83. The highest BCUT2D eigenvalue weighted by atomic mass is 19.4. The highest BCUT2D eigenvalue weighted by molar-refractivity contribution is 5.91. The maximum absolute atomic E-state index is 13.9. The number of amides is 2. The summed E-state index contributed by atoms with van der Waals surface area (Å²) < 4.78 is 88.9. The number of piperazine rings is 1. The number of ether oxygens (including phenoxy) is 1. The third-order valence-corrected chi connectivity index (χ3v) is 9.07. The Morgan fingerprint density at radius 1 is 0.920 bits per heavy atom. The minimum atomic E-state index is -5.03. The molecule has 0 spiro atoms. The second kappa shape index (κ2) is 14.3. The molecule has 3 aromatic rings. The van der Waals surface area contributed by atoms with Crippen molar-refractivity contribution in [3.05, 3.63) is 70.3 Å². The van der Waals surface area contributed by atoms with E-state index >= 15 is 0 Å². The Labute approximate surface area is 286 Å². The Balaban J connectivity index is 1.64. The predicted molar refractivity (Wildman–Crippen MR) is 174 cm³/mol. The Morgan fingerprint density at radius 2 is 1.52 bits per heavy atom. The molecule has 0 bridgehead atoms. The fraction of sp³-hybridized carbons (Fsp3) is 0.500. The van der Waals surface area contributed by atoms with Gasteiger partial charge in [0, 0.05) is 56.9 Å². The van der Waals surface area contributed by atoms with E-state index in [1.165, 1.54) is 11.8 Å². The summed E-state index contributed by atoms with van der Waals surface area (Å²) in [5.74, 6) is 0.0418. The van der Waals surface area contributed by atoms with Crippen molar-refractivity contribution in [1.82, 2.24) is 19.9 Å². The van der Waals surface area contributed by atoms with Crippen LogP contribution in [0.2, 0.25) is 0 Å². The number of benzene rings is 1. The van der Waals surface area contributed by atoms with Gasteiger partial charge < -0.3 is 19.4 Å². The summed E-state index contributed by atoms with van der Waals surface area (Å²) in [6.45, 7) is 10.3. The van der Waals surface area contributed by atoms with Crippen molar-refractivity contribution in [3.8, 4) is 0 Å². The normalized spacial score (nSPS) is 18.2. The lowest BCUT2D eigenvalue weighted by atomic mass is 9.88. The summed E-state index contributed by atoms with van der Waals surface area (Å²) in [5, 5.41) is 0. The van der Waals surface area contributed by atoms with Crippen molar-refractivity contribution >= 4 is 29.3 Å². The van der Waals surface area contributed by atoms with Crippen LogP contribution in [0.1, 0.15) is 73.3 Å². The van der Waals surface area contributed by atoms with Crippen LogP contribution in [0.25, 0.3) is 0 Å². The quantitative estimate of drug-likeness (QED) is 0.241. The van der Waals surface area contributed by atoms with Crippen molar-refractivity contribution in [1.29, 1.82) is 0 Å². The average molecular weight is 708 g/mol. The number of hydrogen-bond donors (Lipinski definition) is 0. The zero-order valence-corrected chi connectivity index (χ0v) is 28.4. The second-order valence-corrected chi connectivity index (χ2v) is 12.4. The molecule has 2 aliphatic rings. The molecule has 1 saturated heterocycles. The summed E-state index contributed by atoms with van der Waals surface area (Å²) in [6, 6.07) is 2.13. The maximum Gasteiger partial charge on any atom is 0.416 e. The lowest BCUT2D eigenvalue weighted by molar-refractivity contribution is -0.143. The van der Waals surface area contributed by atoms with Crippen LogP contribution >= 0.6 is 0 Å². The van der Waals surface area contributed by atoms with Crippen LogP contribution in [0.3, 0.4) is 0 Å². The van der Waals surface area contributed by atoms with Crippen molar-refractivity contribution < 1.29 is 40.7 Å². The number of halogens is 6. The minimum absolute atomic E-state index is 0.0319. The molecule has 5 rings (SSSR count). The zero-order valence-electron chi connectivity index (χ0n) is 28.4. The van der Waals surface area contributed by atoms with E-state index in [0.717, 1.165) is 0 Å². The number of rotatable bonds is 7. The molecule has 1 aromatic carbocycles. The first-order chi connectivity index (χ1) is 23.5. The van der Waals surface area contributed by atoms with Gasteiger partial charge in [-0.25, -0.2) is 14.8 Å². The van der Waals surface area contributed by atoms with Crippen molar-refractivity contribution in [2.24, 2.45) is 0 Å². The number of alkyl halides is 6. The number of aryl methyl sites for hydroxylation is 2. The van der Waals surface area contributed by atoms with E-state index in [9.17, 15) is 35.9 Å². The molecule has 10 nitrogen and oxygen atoms in total. The van der Waals surface area contributed by atoms with E-state index in [2.05, 4.69) is 15.0 Å². The van der Waals surface area contributed by atoms with Crippen molar-refractivity contribution in [3.63, 3.8) is 0 Å². The van der Waals surface area contributed by atoms with Crippen molar-refractivity contribution in [2.45, 2.75) is 78.4 Å². The number of carbonyl (C=O) groups excluding carboxylic acids is 2. The Morgan fingerprint density at radius 3 is 2.04 bits per heavy atom. The van der Waals surface area contributed by atoms with E-state index in [-0.39, 0.29) is 36.5 Å². The molecule has 270 valence electrons. The molecule has 2 aromatic heterocycles. The van der Waals surface area contributed by atoms with Crippen LogP contribution in [0, 0.1) is 13.8 Å². The van der Waals surface area contributed by atoms with Gasteiger partial charge >= 0.3 is 18.4 Å².